The topological polar surface area (TPSA) is 108 Å². The molecule has 0 bridgehead atoms. The van der Waals surface area contributed by atoms with E-state index < -0.39 is 4.92 Å². The zero-order chi connectivity index (χ0) is 22.2. The standard InChI is InChI=1S/C21H23N5O4S/c1-3-11-30-20-17(26(27)28)12-16(13-18(20)29-2)14-22-25-19(23-24-21(25)31)10-9-15-7-5-4-6-8-15/h4-8,12-14H,3,9-11H2,1-2H3,(H,24,31)/b22-14-. The van der Waals surface area contributed by atoms with Crippen molar-refractivity contribution in [3.8, 4) is 11.5 Å². The van der Waals surface area contributed by atoms with Crippen molar-refractivity contribution in [3.63, 3.8) is 0 Å². The summed E-state index contributed by atoms with van der Waals surface area (Å²) in [4.78, 5) is 11.1. The van der Waals surface area contributed by atoms with E-state index in [1.165, 1.54) is 29.6 Å². The molecular weight excluding hydrogens is 418 g/mol. The molecule has 0 spiro atoms. The van der Waals surface area contributed by atoms with E-state index in [2.05, 4.69) is 15.3 Å². The minimum Gasteiger partial charge on any atom is -0.493 e. The number of nitro benzene ring substituents is 1. The molecular formula is C21H23N5O4S. The van der Waals surface area contributed by atoms with Gasteiger partial charge in [0.15, 0.2) is 11.6 Å². The summed E-state index contributed by atoms with van der Waals surface area (Å²) in [5.74, 6) is 1.04. The van der Waals surface area contributed by atoms with Crippen molar-refractivity contribution < 1.29 is 14.4 Å². The number of methoxy groups -OCH3 is 1. The summed E-state index contributed by atoms with van der Waals surface area (Å²) in [6.07, 6.45) is 3.60. The third-order valence-corrected chi connectivity index (χ3v) is 4.71. The van der Waals surface area contributed by atoms with E-state index in [-0.39, 0.29) is 17.2 Å². The maximum absolute atomic E-state index is 11.6. The van der Waals surface area contributed by atoms with Crippen molar-refractivity contribution in [2.24, 2.45) is 5.10 Å². The van der Waals surface area contributed by atoms with Crippen LogP contribution in [0.2, 0.25) is 0 Å². The SMILES string of the molecule is CCCOc1c(OC)cc(/C=N\n2c(CCc3ccccc3)n[nH]c2=S)cc1[N+](=O)[O-]. The summed E-state index contributed by atoms with van der Waals surface area (Å²) >= 11 is 5.28. The lowest BCUT2D eigenvalue weighted by molar-refractivity contribution is -0.386. The van der Waals surface area contributed by atoms with E-state index in [4.69, 9.17) is 21.7 Å². The van der Waals surface area contributed by atoms with Crippen molar-refractivity contribution in [2.45, 2.75) is 26.2 Å². The molecule has 0 saturated carbocycles. The maximum atomic E-state index is 11.6. The average molecular weight is 442 g/mol. The molecule has 3 rings (SSSR count). The number of aryl methyl sites for hydroxylation is 2. The first-order chi connectivity index (χ1) is 15.0. The number of benzene rings is 2. The molecule has 3 aromatic rings. The summed E-state index contributed by atoms with van der Waals surface area (Å²) < 4.78 is 12.7. The summed E-state index contributed by atoms with van der Waals surface area (Å²) in [6, 6.07) is 13.1. The number of aromatic amines is 1. The minimum atomic E-state index is -0.500. The lowest BCUT2D eigenvalue weighted by Crippen LogP contribution is -2.04. The van der Waals surface area contributed by atoms with Crippen LogP contribution in [0.25, 0.3) is 0 Å². The molecule has 0 atom stereocenters. The van der Waals surface area contributed by atoms with Gasteiger partial charge < -0.3 is 9.47 Å². The van der Waals surface area contributed by atoms with Crippen LogP contribution < -0.4 is 9.47 Å². The molecule has 0 amide bonds. The van der Waals surface area contributed by atoms with Gasteiger partial charge in [-0.05, 0) is 36.7 Å². The van der Waals surface area contributed by atoms with Crippen LogP contribution in [0, 0.1) is 14.9 Å². The van der Waals surface area contributed by atoms with E-state index in [9.17, 15) is 10.1 Å². The average Bonchev–Trinajstić information content (AvgIpc) is 3.14. The second-order valence-electron chi connectivity index (χ2n) is 6.66. The second-order valence-corrected chi connectivity index (χ2v) is 7.05. The van der Waals surface area contributed by atoms with E-state index in [1.807, 2.05) is 37.3 Å². The number of rotatable bonds is 10. The van der Waals surface area contributed by atoms with Crippen LogP contribution in [-0.4, -0.2) is 39.7 Å². The highest BCUT2D eigenvalue weighted by atomic mass is 32.1. The fourth-order valence-corrected chi connectivity index (χ4v) is 3.15. The lowest BCUT2D eigenvalue weighted by Gasteiger charge is -2.11. The zero-order valence-corrected chi connectivity index (χ0v) is 18.1. The summed E-state index contributed by atoms with van der Waals surface area (Å²) in [7, 11) is 1.44. The van der Waals surface area contributed by atoms with Gasteiger partial charge in [-0.1, -0.05) is 37.3 Å². The van der Waals surface area contributed by atoms with E-state index in [1.54, 1.807) is 6.07 Å². The van der Waals surface area contributed by atoms with Crippen LogP contribution in [0.4, 0.5) is 5.69 Å². The zero-order valence-electron chi connectivity index (χ0n) is 17.3. The highest BCUT2D eigenvalue weighted by Crippen LogP contribution is 2.38. The number of aromatic nitrogens is 3. The third kappa shape index (κ3) is 5.54. The van der Waals surface area contributed by atoms with Crippen LogP contribution in [0.5, 0.6) is 11.5 Å². The van der Waals surface area contributed by atoms with Crippen LogP contribution in [0.3, 0.4) is 0 Å². The third-order valence-electron chi connectivity index (χ3n) is 4.44. The van der Waals surface area contributed by atoms with E-state index in [0.717, 1.165) is 6.42 Å². The number of ether oxygens (including phenoxy) is 2. The Morgan fingerprint density at radius 2 is 2.06 bits per heavy atom. The molecule has 1 heterocycles. The van der Waals surface area contributed by atoms with Gasteiger partial charge in [0.05, 0.1) is 24.9 Å². The number of hydrogen-bond donors (Lipinski definition) is 1. The quantitative estimate of drug-likeness (QED) is 0.217. The predicted octanol–water partition coefficient (Wildman–Crippen LogP) is 4.31. The fraction of sp³-hybridized carbons (Fsp3) is 0.286. The van der Waals surface area contributed by atoms with Crippen molar-refractivity contribution >= 4 is 24.1 Å². The van der Waals surface area contributed by atoms with Gasteiger partial charge in [-0.2, -0.15) is 14.9 Å². The Hall–Kier alpha value is -3.53. The van der Waals surface area contributed by atoms with Crippen LogP contribution in [0.1, 0.15) is 30.3 Å². The Bertz CT molecular complexity index is 1120. The molecule has 1 aromatic heterocycles. The number of H-pyrrole nitrogens is 1. The van der Waals surface area contributed by atoms with Crippen molar-refractivity contribution in [2.75, 3.05) is 13.7 Å². The van der Waals surface area contributed by atoms with E-state index >= 15 is 0 Å². The van der Waals surface area contributed by atoms with Crippen molar-refractivity contribution in [3.05, 3.63) is 74.3 Å². The summed E-state index contributed by atoms with van der Waals surface area (Å²) in [6.45, 7) is 2.27. The molecule has 0 radical (unpaired) electrons. The predicted molar refractivity (Wildman–Crippen MR) is 120 cm³/mol. The molecule has 0 aliphatic rings. The number of nitro groups is 1. The largest absolute Gasteiger partial charge is 0.493 e. The molecule has 2 aromatic carbocycles. The van der Waals surface area contributed by atoms with Crippen molar-refractivity contribution in [1.29, 1.82) is 0 Å². The molecule has 31 heavy (non-hydrogen) atoms. The highest BCUT2D eigenvalue weighted by Gasteiger charge is 2.22. The smallest absolute Gasteiger partial charge is 0.315 e. The summed E-state index contributed by atoms with van der Waals surface area (Å²) in [5.41, 5.74) is 1.47. The normalized spacial score (nSPS) is 11.0. The number of nitrogens with zero attached hydrogens (tertiary/aromatic N) is 4. The van der Waals surface area contributed by atoms with Gasteiger partial charge in [-0.3, -0.25) is 15.2 Å². The van der Waals surface area contributed by atoms with Gasteiger partial charge in [-0.25, -0.2) is 0 Å². The van der Waals surface area contributed by atoms with E-state index in [0.29, 0.717) is 35.6 Å². The van der Waals surface area contributed by atoms with Crippen molar-refractivity contribution in [1.82, 2.24) is 14.9 Å². The Morgan fingerprint density at radius 1 is 1.29 bits per heavy atom. The van der Waals surface area contributed by atoms with Gasteiger partial charge in [0.1, 0.15) is 0 Å². The first-order valence-corrected chi connectivity index (χ1v) is 10.2. The molecule has 0 aliphatic carbocycles. The molecule has 1 N–H and O–H groups in total. The van der Waals surface area contributed by atoms with Gasteiger partial charge >= 0.3 is 5.69 Å². The molecule has 9 nitrogen and oxygen atoms in total. The Balaban J connectivity index is 1.88. The molecule has 10 heteroatoms. The lowest BCUT2D eigenvalue weighted by atomic mass is 10.1. The van der Waals surface area contributed by atoms with Crippen LogP contribution in [0.15, 0.2) is 47.6 Å². The van der Waals surface area contributed by atoms with Crippen LogP contribution in [-0.2, 0) is 12.8 Å². The first-order valence-electron chi connectivity index (χ1n) is 9.77. The molecule has 162 valence electrons. The number of hydrogen-bond acceptors (Lipinski definition) is 7. The molecule has 0 fully saturated rings. The minimum absolute atomic E-state index is 0.106. The van der Waals surface area contributed by atoms with Gasteiger partial charge in [0.2, 0.25) is 10.5 Å². The van der Waals surface area contributed by atoms with Gasteiger partial charge in [-0.15, -0.1) is 0 Å². The fourth-order valence-electron chi connectivity index (χ4n) is 2.95. The first kappa shape index (κ1) is 22.2. The second kappa shape index (κ2) is 10.5. The van der Waals surface area contributed by atoms with Crippen LogP contribution >= 0.6 is 12.2 Å². The Morgan fingerprint density at radius 3 is 2.74 bits per heavy atom. The Labute approximate surface area is 184 Å². The molecule has 0 aliphatic heterocycles. The monoisotopic (exact) mass is 441 g/mol. The highest BCUT2D eigenvalue weighted by molar-refractivity contribution is 7.71. The molecule has 0 saturated heterocycles. The Kier molecular flexibility index (Phi) is 7.50. The van der Waals surface area contributed by atoms with Gasteiger partial charge in [0.25, 0.3) is 0 Å². The molecule has 0 unspecified atom stereocenters. The van der Waals surface area contributed by atoms with Gasteiger partial charge in [0, 0.05) is 18.1 Å². The maximum Gasteiger partial charge on any atom is 0.315 e. The number of nitrogens with one attached hydrogen (secondary N) is 1. The summed E-state index contributed by atoms with van der Waals surface area (Å²) in [5, 5.41) is 22.9.